The number of phenolic OH excluding ortho intramolecular Hbond substituents is 1. The summed E-state index contributed by atoms with van der Waals surface area (Å²) >= 11 is 6.00. The fourth-order valence-corrected chi connectivity index (χ4v) is 7.41. The maximum absolute atomic E-state index is 14.3. The molecule has 2 saturated heterocycles. The number of amides is 4. The van der Waals surface area contributed by atoms with Crippen molar-refractivity contribution in [3.05, 3.63) is 64.5 Å². The van der Waals surface area contributed by atoms with Gasteiger partial charge in [0, 0.05) is 5.92 Å². The molecule has 4 aliphatic rings. The molecule has 6 unspecified atom stereocenters. The van der Waals surface area contributed by atoms with Crippen molar-refractivity contribution in [3.8, 4) is 11.5 Å². The lowest BCUT2D eigenvalue weighted by molar-refractivity contribution is -0.173. The molecule has 0 bridgehead atoms. The van der Waals surface area contributed by atoms with E-state index < -0.39 is 64.5 Å². The van der Waals surface area contributed by atoms with Crippen molar-refractivity contribution >= 4 is 40.9 Å². The number of benzene rings is 2. The monoisotopic (exact) mass is 568 g/mol. The normalized spacial score (nSPS) is 31.2. The number of halogens is 2. The fraction of sp³-hybridized carbons (Fsp3) is 0.379. The van der Waals surface area contributed by atoms with Crippen molar-refractivity contribution in [2.45, 2.75) is 32.6 Å². The largest absolute Gasteiger partial charge is 0.504 e. The first kappa shape index (κ1) is 26.5. The predicted molar refractivity (Wildman–Crippen MR) is 139 cm³/mol. The molecule has 9 nitrogen and oxygen atoms in total. The highest BCUT2D eigenvalue weighted by atomic mass is 35.5. The number of allylic oxidation sites excluding steroid dienone is 2. The molecule has 1 saturated carbocycles. The van der Waals surface area contributed by atoms with E-state index in [0.717, 1.165) is 11.0 Å². The van der Waals surface area contributed by atoms with Gasteiger partial charge in [-0.15, -0.1) is 0 Å². The van der Waals surface area contributed by atoms with Crippen LogP contribution in [0.4, 0.5) is 10.1 Å². The summed E-state index contributed by atoms with van der Waals surface area (Å²) < 4.78 is 19.6. The lowest BCUT2D eigenvalue weighted by atomic mass is 9.51. The number of rotatable bonds is 4. The average molecular weight is 569 g/mol. The Morgan fingerprint density at radius 1 is 1.07 bits per heavy atom. The Bertz CT molecular complexity index is 1530. The number of hydrogen-bond acceptors (Lipinski definition) is 7. The third-order valence-corrected chi connectivity index (χ3v) is 9.32. The minimum atomic E-state index is -1.34. The Balaban J connectivity index is 1.54. The number of fused-ring (bicyclic) bond motifs is 4. The van der Waals surface area contributed by atoms with Crippen LogP contribution in [0.25, 0.3) is 0 Å². The molecular formula is C29H26ClFN2O7. The van der Waals surface area contributed by atoms with Gasteiger partial charge in [-0.2, -0.15) is 5.06 Å². The molecule has 2 aliphatic carbocycles. The summed E-state index contributed by atoms with van der Waals surface area (Å²) in [6.07, 6.45) is 2.12. The van der Waals surface area contributed by atoms with Crippen molar-refractivity contribution in [2.75, 3.05) is 11.5 Å². The number of carbonyl (C=O) groups excluding carboxylic acids is 4. The number of hydroxylamine groups is 2. The molecule has 208 valence electrons. The SMILES string of the molecule is CCOc1cc(C2C3=CCC4C(=O)N(O)C(=O)C4C3CC3C(=O)N(c4ccc(F)c(Cl)c4)C(=O)C32C)ccc1O. The highest BCUT2D eigenvalue weighted by molar-refractivity contribution is 6.31. The van der Waals surface area contributed by atoms with Gasteiger partial charge < -0.3 is 9.84 Å². The molecule has 2 aliphatic heterocycles. The lowest BCUT2D eigenvalue weighted by Gasteiger charge is -2.49. The molecule has 2 aromatic rings. The van der Waals surface area contributed by atoms with E-state index in [1.165, 1.54) is 18.2 Å². The number of ether oxygens (including phenoxy) is 1. The first-order valence-corrected chi connectivity index (χ1v) is 13.4. The summed E-state index contributed by atoms with van der Waals surface area (Å²) in [6, 6.07) is 8.34. The molecule has 2 N–H and O–H groups in total. The first-order chi connectivity index (χ1) is 19.0. The summed E-state index contributed by atoms with van der Waals surface area (Å²) in [5.41, 5.74) is 0.0867. The van der Waals surface area contributed by atoms with Gasteiger partial charge in [-0.25, -0.2) is 9.29 Å². The van der Waals surface area contributed by atoms with Crippen molar-refractivity contribution in [1.29, 1.82) is 0 Å². The second kappa shape index (κ2) is 9.14. The molecule has 0 aromatic heterocycles. The molecule has 11 heteroatoms. The number of carbonyl (C=O) groups is 4. The predicted octanol–water partition coefficient (Wildman–Crippen LogP) is 4.20. The summed E-state index contributed by atoms with van der Waals surface area (Å²) in [6.45, 7) is 3.73. The van der Waals surface area contributed by atoms with Crippen molar-refractivity contribution in [3.63, 3.8) is 0 Å². The number of imide groups is 2. The van der Waals surface area contributed by atoms with E-state index in [1.807, 2.05) is 6.08 Å². The smallest absolute Gasteiger partial charge is 0.257 e. The van der Waals surface area contributed by atoms with Crippen LogP contribution in [0.5, 0.6) is 11.5 Å². The third kappa shape index (κ3) is 3.48. The minimum absolute atomic E-state index is 0.0961. The highest BCUT2D eigenvalue weighted by Gasteiger charge is 2.67. The maximum atomic E-state index is 14.3. The van der Waals surface area contributed by atoms with Crippen LogP contribution >= 0.6 is 11.6 Å². The standard InChI is InChI=1S/C29H26ClFN2O7/c1-3-40-22-10-13(4-9-21(22)34)24-15-6-7-16-23(27(37)33(39)25(16)35)17(15)12-18-26(36)32(28(38)29(18,24)2)14-5-8-20(31)19(30)11-14/h4-6,8-11,16-18,23-24,34,39H,3,7,12H2,1-2H3. The minimum Gasteiger partial charge on any atom is -0.504 e. The Kier molecular flexibility index (Phi) is 6.05. The van der Waals surface area contributed by atoms with E-state index in [4.69, 9.17) is 16.3 Å². The van der Waals surface area contributed by atoms with Gasteiger partial charge in [-0.05, 0) is 68.5 Å². The van der Waals surface area contributed by atoms with Gasteiger partial charge in [0.05, 0.1) is 40.5 Å². The molecule has 40 heavy (non-hydrogen) atoms. The van der Waals surface area contributed by atoms with Gasteiger partial charge in [0.2, 0.25) is 11.8 Å². The quantitative estimate of drug-likeness (QED) is 0.322. The van der Waals surface area contributed by atoms with Crippen molar-refractivity contribution in [2.24, 2.45) is 29.1 Å². The summed E-state index contributed by atoms with van der Waals surface area (Å²) in [5.74, 6) is -6.94. The lowest BCUT2D eigenvalue weighted by Crippen LogP contribution is -2.48. The van der Waals surface area contributed by atoms with Gasteiger partial charge in [0.1, 0.15) is 5.82 Å². The maximum Gasteiger partial charge on any atom is 0.257 e. The highest BCUT2D eigenvalue weighted by Crippen LogP contribution is 2.63. The van der Waals surface area contributed by atoms with Gasteiger partial charge in [-0.3, -0.25) is 24.4 Å². The number of aromatic hydroxyl groups is 1. The second-order valence-corrected chi connectivity index (χ2v) is 11.3. The summed E-state index contributed by atoms with van der Waals surface area (Å²) in [5, 5.41) is 20.5. The molecule has 6 rings (SSSR count). The third-order valence-electron chi connectivity index (χ3n) is 9.03. The van der Waals surface area contributed by atoms with Crippen LogP contribution in [0.15, 0.2) is 48.0 Å². The van der Waals surface area contributed by atoms with E-state index in [2.05, 4.69) is 0 Å². The molecule has 0 spiro atoms. The van der Waals surface area contributed by atoms with Crippen LogP contribution in [0.1, 0.15) is 38.2 Å². The van der Waals surface area contributed by atoms with Crippen LogP contribution in [-0.2, 0) is 19.2 Å². The molecule has 2 heterocycles. The van der Waals surface area contributed by atoms with Crippen LogP contribution in [0, 0.1) is 34.9 Å². The van der Waals surface area contributed by atoms with Crippen LogP contribution in [0.3, 0.4) is 0 Å². The number of nitrogens with zero attached hydrogens (tertiary/aromatic N) is 2. The topological polar surface area (TPSA) is 124 Å². The second-order valence-electron chi connectivity index (χ2n) is 10.9. The Hall–Kier alpha value is -3.76. The number of hydrogen-bond donors (Lipinski definition) is 2. The van der Waals surface area contributed by atoms with Crippen molar-refractivity contribution < 1.29 is 38.6 Å². The zero-order valence-electron chi connectivity index (χ0n) is 21.6. The number of phenols is 1. The van der Waals surface area contributed by atoms with Gasteiger partial charge >= 0.3 is 0 Å². The zero-order valence-corrected chi connectivity index (χ0v) is 22.4. The van der Waals surface area contributed by atoms with Gasteiger partial charge in [-0.1, -0.05) is 29.3 Å². The zero-order chi connectivity index (χ0) is 28.7. The number of anilines is 1. The van der Waals surface area contributed by atoms with Crippen LogP contribution in [-0.4, -0.2) is 45.6 Å². The molecule has 2 aromatic carbocycles. The first-order valence-electron chi connectivity index (χ1n) is 13.1. The Labute approximate surface area is 233 Å². The van der Waals surface area contributed by atoms with Crippen LogP contribution in [0.2, 0.25) is 5.02 Å². The average Bonchev–Trinajstić information content (AvgIpc) is 3.27. The van der Waals surface area contributed by atoms with Crippen LogP contribution < -0.4 is 9.64 Å². The molecule has 3 fully saturated rings. The van der Waals surface area contributed by atoms with E-state index in [1.54, 1.807) is 26.0 Å². The van der Waals surface area contributed by atoms with E-state index in [0.29, 0.717) is 11.1 Å². The van der Waals surface area contributed by atoms with E-state index in [9.17, 15) is 33.9 Å². The van der Waals surface area contributed by atoms with E-state index >= 15 is 0 Å². The summed E-state index contributed by atoms with van der Waals surface area (Å²) in [7, 11) is 0. The molecule has 0 radical (unpaired) electrons. The Morgan fingerprint density at radius 2 is 1.82 bits per heavy atom. The van der Waals surface area contributed by atoms with Crippen molar-refractivity contribution in [1.82, 2.24) is 5.06 Å². The summed E-state index contributed by atoms with van der Waals surface area (Å²) in [4.78, 5) is 55.0. The van der Waals surface area contributed by atoms with E-state index in [-0.39, 0.29) is 46.7 Å². The molecular weight excluding hydrogens is 543 g/mol. The molecule has 6 atom stereocenters. The molecule has 4 amide bonds. The van der Waals surface area contributed by atoms with Gasteiger partial charge in [0.25, 0.3) is 11.8 Å². The Morgan fingerprint density at radius 3 is 2.52 bits per heavy atom. The van der Waals surface area contributed by atoms with Gasteiger partial charge in [0.15, 0.2) is 11.5 Å². The fourth-order valence-electron chi connectivity index (χ4n) is 7.23.